The molecular weight excluding hydrogens is 265 g/mol. The molecule has 1 nitrogen and oxygen atoms in total. The Morgan fingerprint density at radius 1 is 1.07 bits per heavy atom. The Bertz CT molecular complexity index is 336. The van der Waals surface area contributed by atoms with E-state index in [-0.39, 0.29) is 44.2 Å². The Balaban J connectivity index is 0.000000980. The van der Waals surface area contributed by atoms with Crippen LogP contribution in [0, 0.1) is 0 Å². The van der Waals surface area contributed by atoms with Crippen molar-refractivity contribution >= 4 is 5.69 Å². The summed E-state index contributed by atoms with van der Waals surface area (Å²) < 4.78 is 5.08. The minimum absolute atomic E-state index is 0. The van der Waals surface area contributed by atoms with E-state index in [0.29, 0.717) is 0 Å². The van der Waals surface area contributed by atoms with E-state index in [2.05, 4.69) is 46.3 Å². The van der Waals surface area contributed by atoms with Crippen molar-refractivity contribution in [1.82, 2.24) is 0 Å². The minimum atomic E-state index is -0.140. The van der Waals surface area contributed by atoms with E-state index < -0.39 is 0 Å². The van der Waals surface area contributed by atoms with E-state index in [4.69, 9.17) is 0 Å². The maximum absolute atomic E-state index is 3.50. The summed E-state index contributed by atoms with van der Waals surface area (Å²) in [5.41, 5.74) is 1.25. The number of benzene rings is 1. The van der Waals surface area contributed by atoms with Crippen LogP contribution in [0.4, 0.5) is 5.69 Å². The van der Waals surface area contributed by atoms with E-state index in [1.807, 2.05) is 6.07 Å². The molecule has 0 fully saturated rings. The monoisotopic (exact) mass is 275 g/mol. The molecular formula is C11H11Cl2NTi. The van der Waals surface area contributed by atoms with Gasteiger partial charge in [-0.3, -0.25) is 0 Å². The van der Waals surface area contributed by atoms with Crippen molar-refractivity contribution in [1.29, 1.82) is 0 Å². The molecule has 0 aromatic heterocycles. The smallest absolute Gasteiger partial charge is 1.00 e. The van der Waals surface area contributed by atoms with Crippen LogP contribution in [0.15, 0.2) is 52.4 Å². The van der Waals surface area contributed by atoms with Crippen molar-refractivity contribution in [2.45, 2.75) is 6.42 Å². The van der Waals surface area contributed by atoms with Crippen LogP contribution in [0.25, 0.3) is 0 Å². The number of hydrogen-bond acceptors (Lipinski definition) is 1. The van der Waals surface area contributed by atoms with Gasteiger partial charge < -0.3 is 24.8 Å². The van der Waals surface area contributed by atoms with Gasteiger partial charge in [-0.1, -0.05) is 0 Å². The van der Waals surface area contributed by atoms with Gasteiger partial charge in [0.25, 0.3) is 0 Å². The molecule has 1 N–H and O–H groups in total. The van der Waals surface area contributed by atoms with Crippen molar-refractivity contribution in [2.75, 3.05) is 3.80 Å². The van der Waals surface area contributed by atoms with E-state index in [1.54, 1.807) is 3.88 Å². The zero-order valence-electron chi connectivity index (χ0n) is 8.08. The zero-order valence-corrected chi connectivity index (χ0v) is 11.2. The fraction of sp³-hybridized carbons (Fsp3) is 0.0909. The van der Waals surface area contributed by atoms with Gasteiger partial charge in [0, 0.05) is 0 Å². The van der Waals surface area contributed by atoms with Gasteiger partial charge in [0.1, 0.15) is 0 Å². The first-order valence-electron chi connectivity index (χ1n) is 4.38. The fourth-order valence-corrected chi connectivity index (χ4v) is 2.57. The third-order valence-corrected chi connectivity index (χ3v) is 3.64. The van der Waals surface area contributed by atoms with Crippen LogP contribution in [-0.4, -0.2) is 0 Å². The average molecular weight is 276 g/mol. The quantitative estimate of drug-likeness (QED) is 0.578. The van der Waals surface area contributed by atoms with Gasteiger partial charge >= 0.3 is 87.8 Å². The van der Waals surface area contributed by atoms with Gasteiger partial charge in [0.2, 0.25) is 0 Å². The molecule has 0 unspecified atom stereocenters. The van der Waals surface area contributed by atoms with E-state index in [9.17, 15) is 0 Å². The van der Waals surface area contributed by atoms with Gasteiger partial charge in [-0.15, -0.1) is 0 Å². The molecule has 0 atom stereocenters. The number of rotatable bonds is 3. The van der Waals surface area contributed by atoms with Crippen LogP contribution in [0.1, 0.15) is 6.42 Å². The predicted octanol–water partition coefficient (Wildman–Crippen LogP) is -3.05. The molecule has 0 saturated heterocycles. The molecule has 2 rings (SSSR count). The first kappa shape index (κ1) is 14.8. The number of allylic oxidation sites excluding steroid dienone is 4. The third kappa shape index (κ3) is 4.90. The molecule has 0 radical (unpaired) electrons. The molecule has 4 heteroatoms. The predicted molar refractivity (Wildman–Crippen MR) is 51.9 cm³/mol. The Morgan fingerprint density at radius 3 is 2.40 bits per heavy atom. The molecule has 78 valence electrons. The summed E-state index contributed by atoms with van der Waals surface area (Å²) in [4.78, 5) is 0. The van der Waals surface area contributed by atoms with Gasteiger partial charge in [0.05, 0.1) is 0 Å². The Morgan fingerprint density at radius 2 is 1.80 bits per heavy atom. The SMILES string of the molecule is C1=CC[C]([Ti+2][NH]c2ccccc2)=C1.[Cl-].[Cl-]. The van der Waals surface area contributed by atoms with Crippen LogP contribution >= 0.6 is 0 Å². The topological polar surface area (TPSA) is 12.0 Å². The number of halogens is 2. The van der Waals surface area contributed by atoms with Crippen LogP contribution in [0.3, 0.4) is 0 Å². The van der Waals surface area contributed by atoms with Crippen LogP contribution in [0.5, 0.6) is 0 Å². The maximum atomic E-state index is 3.50. The summed E-state index contributed by atoms with van der Waals surface area (Å²) in [5.74, 6) is 0. The van der Waals surface area contributed by atoms with E-state index in [0.717, 1.165) is 6.42 Å². The summed E-state index contributed by atoms with van der Waals surface area (Å²) in [5, 5.41) is 0. The Labute approximate surface area is 112 Å². The molecule has 0 saturated carbocycles. The number of nitrogens with one attached hydrogen (secondary N) is 1. The summed E-state index contributed by atoms with van der Waals surface area (Å²) in [7, 11) is 0. The van der Waals surface area contributed by atoms with Gasteiger partial charge in [-0.25, -0.2) is 0 Å². The van der Waals surface area contributed by atoms with Crippen molar-refractivity contribution in [2.24, 2.45) is 0 Å². The van der Waals surface area contributed by atoms with Crippen molar-refractivity contribution in [3.8, 4) is 0 Å². The number of para-hydroxylation sites is 1. The molecule has 0 spiro atoms. The molecule has 15 heavy (non-hydrogen) atoms. The van der Waals surface area contributed by atoms with E-state index >= 15 is 0 Å². The maximum Gasteiger partial charge on any atom is -1.00 e. The summed E-state index contributed by atoms with van der Waals surface area (Å²) in [6.45, 7) is 0. The Hall–Kier alpha value is -0.206. The van der Waals surface area contributed by atoms with Gasteiger partial charge in [0.15, 0.2) is 0 Å². The molecule has 1 aromatic rings. The van der Waals surface area contributed by atoms with Gasteiger partial charge in [-0.05, 0) is 0 Å². The van der Waals surface area contributed by atoms with Crippen LogP contribution in [0.2, 0.25) is 0 Å². The van der Waals surface area contributed by atoms with Crippen LogP contribution in [-0.2, 0) is 19.4 Å². The second-order valence-electron chi connectivity index (χ2n) is 2.94. The summed E-state index contributed by atoms with van der Waals surface area (Å²) in [6, 6.07) is 10.4. The standard InChI is InChI=1S/C6H6N.C5H5.2ClH.Ti/c7-6-4-2-1-3-5-6;1-2-4-5-3-1;;;/h1-5,7H;1-3H,4H2;2*1H;/q-1;;;;+3/p-2. The molecule has 1 aliphatic rings. The van der Waals surface area contributed by atoms with Crippen molar-refractivity contribution in [3.05, 3.63) is 52.4 Å². The summed E-state index contributed by atoms with van der Waals surface area (Å²) >= 11 is -0.140. The zero-order chi connectivity index (χ0) is 8.93. The molecule has 0 bridgehead atoms. The molecule has 1 aromatic carbocycles. The van der Waals surface area contributed by atoms with Gasteiger partial charge in [-0.2, -0.15) is 0 Å². The molecule has 1 aliphatic carbocycles. The molecule has 0 heterocycles. The molecule has 0 aliphatic heterocycles. The second kappa shape index (κ2) is 8.01. The Kier molecular flexibility index (Phi) is 7.90. The average Bonchev–Trinajstić information content (AvgIpc) is 2.69. The van der Waals surface area contributed by atoms with Crippen LogP contribution < -0.4 is 28.6 Å². The number of hydrogen-bond donors (Lipinski definition) is 1. The largest absolute Gasteiger partial charge is 1.00 e. The van der Waals surface area contributed by atoms with Crippen molar-refractivity contribution in [3.63, 3.8) is 0 Å². The van der Waals surface area contributed by atoms with Crippen molar-refractivity contribution < 1.29 is 44.2 Å². The van der Waals surface area contributed by atoms with E-state index in [1.165, 1.54) is 5.69 Å². The summed E-state index contributed by atoms with van der Waals surface area (Å²) in [6.07, 6.45) is 7.74. The first-order chi connectivity index (χ1) is 6.45. The minimum Gasteiger partial charge on any atom is -1.00 e. The second-order valence-corrected chi connectivity index (χ2v) is 4.72. The third-order valence-electron chi connectivity index (χ3n) is 1.91. The normalized spacial score (nSPS) is 11.9. The first-order valence-corrected chi connectivity index (χ1v) is 5.94. The number of anilines is 1. The fourth-order valence-electron chi connectivity index (χ4n) is 1.21. The molecule has 0 amide bonds.